The number of piperazine rings is 1. The zero-order chi connectivity index (χ0) is 19.5. The smallest absolute Gasteiger partial charge is 0.242 e. The fourth-order valence-electron chi connectivity index (χ4n) is 4.22. The molecule has 2 aliphatic heterocycles. The Labute approximate surface area is 181 Å². The average Bonchev–Trinajstić information content (AvgIpc) is 2.54. The number of morpholine rings is 1. The molecule has 158 valence electrons. The van der Waals surface area contributed by atoms with E-state index in [1.807, 2.05) is 4.90 Å². The number of aliphatic imine (C=N–C) groups is 1. The Bertz CT molecular complexity index is 530. The van der Waals surface area contributed by atoms with Gasteiger partial charge in [-0.05, 0) is 41.5 Å². The van der Waals surface area contributed by atoms with Crippen LogP contribution >= 0.6 is 24.0 Å². The lowest BCUT2D eigenvalue weighted by Gasteiger charge is -2.49. The minimum atomic E-state index is -0.221. The molecule has 0 unspecified atom stereocenters. The Morgan fingerprint density at radius 2 is 1.89 bits per heavy atom. The summed E-state index contributed by atoms with van der Waals surface area (Å²) in [5.74, 6) is 0.961. The predicted molar refractivity (Wildman–Crippen MR) is 121 cm³/mol. The lowest BCUT2D eigenvalue weighted by molar-refractivity contribution is -0.145. The first kappa shape index (κ1) is 24.4. The minimum Gasteiger partial charge on any atom is -0.379 e. The molecule has 2 saturated heterocycles. The van der Waals surface area contributed by atoms with Crippen molar-refractivity contribution in [3.05, 3.63) is 0 Å². The number of hydrogen-bond donors (Lipinski definition) is 1. The summed E-state index contributed by atoms with van der Waals surface area (Å²) >= 11 is 0. The van der Waals surface area contributed by atoms with Crippen molar-refractivity contribution >= 4 is 35.8 Å². The first-order valence-electron chi connectivity index (χ1n) is 9.69. The van der Waals surface area contributed by atoms with E-state index in [9.17, 15) is 4.79 Å². The Morgan fingerprint density at radius 1 is 1.30 bits per heavy atom. The van der Waals surface area contributed by atoms with Crippen LogP contribution in [-0.2, 0) is 9.53 Å². The first-order chi connectivity index (χ1) is 12.1. The number of nitrogens with zero attached hydrogens (tertiary/aromatic N) is 4. The monoisotopic (exact) mass is 495 g/mol. The lowest BCUT2D eigenvalue weighted by Crippen LogP contribution is -2.66. The molecule has 8 heteroatoms. The van der Waals surface area contributed by atoms with Gasteiger partial charge in [-0.3, -0.25) is 14.7 Å². The zero-order valence-corrected chi connectivity index (χ0v) is 20.4. The van der Waals surface area contributed by atoms with Crippen molar-refractivity contribution in [2.45, 2.75) is 58.7 Å². The van der Waals surface area contributed by atoms with E-state index in [1.165, 1.54) is 0 Å². The van der Waals surface area contributed by atoms with Crippen molar-refractivity contribution in [1.82, 2.24) is 20.0 Å². The third-order valence-electron chi connectivity index (χ3n) is 5.40. The maximum Gasteiger partial charge on any atom is 0.242 e. The van der Waals surface area contributed by atoms with Crippen molar-refractivity contribution in [2.75, 3.05) is 53.0 Å². The second-order valence-electron chi connectivity index (χ2n) is 8.84. The maximum atomic E-state index is 12.7. The first-order valence-corrected chi connectivity index (χ1v) is 9.69. The number of carbonyl (C=O) groups excluding carboxylic acids is 1. The van der Waals surface area contributed by atoms with Gasteiger partial charge in [0.1, 0.15) is 0 Å². The normalized spacial score (nSPS) is 22.1. The molecule has 0 aromatic rings. The van der Waals surface area contributed by atoms with Crippen LogP contribution in [0.2, 0.25) is 0 Å². The number of amides is 1. The van der Waals surface area contributed by atoms with E-state index < -0.39 is 0 Å². The van der Waals surface area contributed by atoms with Crippen LogP contribution in [0.1, 0.15) is 41.5 Å². The molecule has 0 spiro atoms. The molecule has 1 N–H and O–H groups in total. The highest BCUT2D eigenvalue weighted by atomic mass is 127. The number of rotatable bonds is 4. The van der Waals surface area contributed by atoms with Gasteiger partial charge >= 0.3 is 0 Å². The van der Waals surface area contributed by atoms with Gasteiger partial charge in [0.2, 0.25) is 5.91 Å². The molecule has 2 heterocycles. The second kappa shape index (κ2) is 9.73. The molecule has 0 saturated carbocycles. The van der Waals surface area contributed by atoms with Gasteiger partial charge in [0.15, 0.2) is 5.96 Å². The van der Waals surface area contributed by atoms with Crippen LogP contribution in [0.3, 0.4) is 0 Å². The van der Waals surface area contributed by atoms with Crippen LogP contribution in [0, 0.1) is 0 Å². The Hall–Kier alpha value is -0.610. The number of halogens is 1. The number of ether oxygens (including phenoxy) is 1. The fourth-order valence-corrected chi connectivity index (χ4v) is 4.22. The number of hydrogen-bond acceptors (Lipinski definition) is 4. The molecule has 7 nitrogen and oxygen atoms in total. The lowest BCUT2D eigenvalue weighted by atomic mass is 9.96. The van der Waals surface area contributed by atoms with Crippen molar-refractivity contribution in [3.8, 4) is 0 Å². The molecule has 0 aromatic carbocycles. The summed E-state index contributed by atoms with van der Waals surface area (Å²) in [6, 6.07) is 0.204. The van der Waals surface area contributed by atoms with Crippen LogP contribution in [0.25, 0.3) is 0 Å². The Balaban J connectivity index is 0.00000364. The highest BCUT2D eigenvalue weighted by Gasteiger charge is 2.41. The summed E-state index contributed by atoms with van der Waals surface area (Å²) in [4.78, 5) is 23.7. The van der Waals surface area contributed by atoms with Crippen molar-refractivity contribution < 1.29 is 9.53 Å². The second-order valence-corrected chi connectivity index (χ2v) is 8.84. The van der Waals surface area contributed by atoms with E-state index in [4.69, 9.17) is 4.74 Å². The molecule has 0 radical (unpaired) electrons. The van der Waals surface area contributed by atoms with Crippen LogP contribution < -0.4 is 5.32 Å². The van der Waals surface area contributed by atoms with Crippen LogP contribution in [0.4, 0.5) is 0 Å². The van der Waals surface area contributed by atoms with Gasteiger partial charge in [-0.15, -0.1) is 24.0 Å². The predicted octanol–water partition coefficient (Wildman–Crippen LogP) is 1.62. The Morgan fingerprint density at radius 3 is 2.37 bits per heavy atom. The van der Waals surface area contributed by atoms with E-state index in [1.54, 1.807) is 7.05 Å². The molecule has 2 rings (SSSR count). The van der Waals surface area contributed by atoms with E-state index in [0.29, 0.717) is 6.54 Å². The summed E-state index contributed by atoms with van der Waals surface area (Å²) in [5.41, 5.74) is -0.222. The largest absolute Gasteiger partial charge is 0.379 e. The molecular formula is C19H38IN5O2. The Kier molecular flexibility index (Phi) is 8.81. The van der Waals surface area contributed by atoms with E-state index in [-0.39, 0.29) is 47.0 Å². The van der Waals surface area contributed by atoms with Crippen LogP contribution in [0.15, 0.2) is 4.99 Å². The molecular weight excluding hydrogens is 457 g/mol. The summed E-state index contributed by atoms with van der Waals surface area (Å²) in [6.45, 7) is 18.3. The van der Waals surface area contributed by atoms with Gasteiger partial charge in [0.25, 0.3) is 0 Å². The SMILES string of the molecule is CN=C(NCC(C)(C)N1CCOCC1)N1CC(=O)N(C(C)C)C(C)(C)C1.I. The summed E-state index contributed by atoms with van der Waals surface area (Å²) < 4.78 is 5.46. The molecule has 0 atom stereocenters. The van der Waals surface area contributed by atoms with Gasteiger partial charge in [0, 0.05) is 44.8 Å². The van der Waals surface area contributed by atoms with E-state index in [2.05, 4.69) is 61.7 Å². The molecule has 0 aliphatic carbocycles. The van der Waals surface area contributed by atoms with Crippen molar-refractivity contribution in [3.63, 3.8) is 0 Å². The molecule has 1 amide bonds. The molecule has 27 heavy (non-hydrogen) atoms. The van der Waals surface area contributed by atoms with Crippen molar-refractivity contribution in [2.24, 2.45) is 4.99 Å². The number of carbonyl (C=O) groups is 1. The third kappa shape index (κ3) is 5.93. The third-order valence-corrected chi connectivity index (χ3v) is 5.40. The summed E-state index contributed by atoms with van der Waals surface area (Å²) in [7, 11) is 1.79. The van der Waals surface area contributed by atoms with E-state index >= 15 is 0 Å². The summed E-state index contributed by atoms with van der Waals surface area (Å²) in [5, 5.41) is 3.50. The average molecular weight is 495 g/mol. The highest BCUT2D eigenvalue weighted by Crippen LogP contribution is 2.24. The van der Waals surface area contributed by atoms with Crippen molar-refractivity contribution in [1.29, 1.82) is 0 Å². The van der Waals surface area contributed by atoms with Gasteiger partial charge in [0.05, 0.1) is 25.3 Å². The molecule has 2 aliphatic rings. The summed E-state index contributed by atoms with van der Waals surface area (Å²) in [6.07, 6.45) is 0. The quantitative estimate of drug-likeness (QED) is 0.365. The molecule has 0 bridgehead atoms. The van der Waals surface area contributed by atoms with E-state index in [0.717, 1.165) is 45.4 Å². The fraction of sp³-hybridized carbons (Fsp3) is 0.895. The molecule has 0 aromatic heterocycles. The number of guanidine groups is 1. The minimum absolute atomic E-state index is 0. The number of nitrogens with one attached hydrogen (secondary N) is 1. The van der Waals surface area contributed by atoms with Crippen LogP contribution in [-0.4, -0.2) is 96.7 Å². The topological polar surface area (TPSA) is 60.4 Å². The van der Waals surface area contributed by atoms with Crippen LogP contribution in [0.5, 0.6) is 0 Å². The van der Waals surface area contributed by atoms with Gasteiger partial charge in [-0.25, -0.2) is 0 Å². The van der Waals surface area contributed by atoms with Gasteiger partial charge in [-0.2, -0.15) is 0 Å². The molecule has 2 fully saturated rings. The standard InChI is InChI=1S/C19H37N5O2.HI/c1-15(2)24-16(25)12-22(14-19(24,5)6)17(20-7)21-13-18(3,4)23-8-10-26-11-9-23;/h15H,8-14H2,1-7H3,(H,20,21);1H. The zero-order valence-electron chi connectivity index (χ0n) is 18.0. The van der Waals surface area contributed by atoms with Gasteiger partial charge in [-0.1, -0.05) is 0 Å². The highest BCUT2D eigenvalue weighted by molar-refractivity contribution is 14.0. The van der Waals surface area contributed by atoms with Gasteiger partial charge < -0.3 is 19.9 Å². The maximum absolute atomic E-state index is 12.7.